The number of aryl methyl sites for hydroxylation is 1. The molecule has 5 heterocycles. The molecule has 4 atom stereocenters. The fraction of sp³-hybridized carbons (Fsp3) is 0.356. The lowest BCUT2D eigenvalue weighted by molar-refractivity contribution is -0.141. The Kier molecular flexibility index (Phi) is 9.51. The van der Waals surface area contributed by atoms with Gasteiger partial charge < -0.3 is 34.6 Å². The fourth-order valence-corrected chi connectivity index (χ4v) is 9.93. The average Bonchev–Trinajstić information content (AvgIpc) is 3.98. The average molecular weight is 820 g/mol. The maximum absolute atomic E-state index is 14.5. The van der Waals surface area contributed by atoms with Crippen LogP contribution < -0.4 is 16.0 Å². The number of para-hydroxylation sites is 2. The summed E-state index contributed by atoms with van der Waals surface area (Å²) in [6, 6.07) is 19.9. The molecule has 1 aliphatic carbocycles. The Morgan fingerprint density at radius 3 is 2.50 bits per heavy atom. The number of aromatic nitrogens is 3. The summed E-state index contributed by atoms with van der Waals surface area (Å²) < 4.78 is 13.7. The first-order valence-electron chi connectivity index (χ1n) is 19.9. The summed E-state index contributed by atoms with van der Waals surface area (Å²) in [5.41, 5.74) is 4.14. The van der Waals surface area contributed by atoms with E-state index in [4.69, 9.17) is 42.0 Å². The zero-order chi connectivity index (χ0) is 40.5. The Hall–Kier alpha value is -5.39. The third-order valence-corrected chi connectivity index (χ3v) is 13.0. The van der Waals surface area contributed by atoms with Gasteiger partial charge in [0.05, 0.1) is 5.56 Å². The minimum absolute atomic E-state index is 0.0960. The van der Waals surface area contributed by atoms with E-state index in [1.165, 1.54) is 0 Å². The van der Waals surface area contributed by atoms with Gasteiger partial charge in [0.25, 0.3) is 5.89 Å². The van der Waals surface area contributed by atoms with Crippen LogP contribution in [0.15, 0.2) is 75.6 Å². The van der Waals surface area contributed by atoms with E-state index in [1.807, 2.05) is 68.4 Å². The normalized spacial score (nSPS) is 22.5. The van der Waals surface area contributed by atoms with Crippen LogP contribution in [0, 0.1) is 18.3 Å². The van der Waals surface area contributed by atoms with Crippen molar-refractivity contribution in [2.75, 3.05) is 5.32 Å². The summed E-state index contributed by atoms with van der Waals surface area (Å²) in [7, 11) is 0. The Labute approximate surface area is 345 Å². The molecule has 3 aliphatic rings. The third-order valence-electron chi connectivity index (χ3n) is 12.5. The SMILES string of the molecule is Cc1ccc2cc1C1(c3ccccc3NC1C)c1oc(nc1-c1nc(Cl)c(-c3c(Cl)[nH]c4ccccc34)o1)[C@H](C(C)C)NC(=O)[C@@H](NC(=O)C1(C=O)CCCCC1)C2. The number of nitrogens with zero attached hydrogens (tertiary/aromatic N) is 2. The number of oxazole rings is 2. The van der Waals surface area contributed by atoms with E-state index in [2.05, 4.69) is 46.9 Å². The van der Waals surface area contributed by atoms with E-state index in [-0.39, 0.29) is 41.1 Å². The monoisotopic (exact) mass is 818 g/mol. The van der Waals surface area contributed by atoms with Gasteiger partial charge in [0, 0.05) is 29.1 Å². The largest absolute Gasteiger partial charge is 0.441 e. The van der Waals surface area contributed by atoms with Gasteiger partial charge in [0.2, 0.25) is 17.7 Å². The Morgan fingerprint density at radius 1 is 0.966 bits per heavy atom. The molecular formula is C45H44Cl2N6O5. The first-order chi connectivity index (χ1) is 27.9. The summed E-state index contributed by atoms with van der Waals surface area (Å²) in [4.78, 5) is 54.2. The fourth-order valence-electron chi connectivity index (χ4n) is 9.43. The van der Waals surface area contributed by atoms with Crippen molar-refractivity contribution in [2.45, 2.75) is 89.8 Å². The lowest BCUT2D eigenvalue weighted by Crippen LogP contribution is -2.54. The molecule has 1 saturated carbocycles. The molecule has 9 rings (SSSR count). The van der Waals surface area contributed by atoms with Crippen LogP contribution in [-0.4, -0.2) is 45.1 Å². The second kappa shape index (κ2) is 14.5. The number of hydrogen-bond donors (Lipinski definition) is 4. The number of amides is 2. The number of carbonyl (C=O) groups excluding carboxylic acids is 3. The van der Waals surface area contributed by atoms with Gasteiger partial charge in [-0.1, -0.05) is 111 Å². The van der Waals surface area contributed by atoms with Crippen LogP contribution >= 0.6 is 23.2 Å². The number of H-pyrrole nitrogens is 1. The van der Waals surface area contributed by atoms with E-state index in [0.29, 0.717) is 35.0 Å². The Balaban J connectivity index is 1.27. The molecule has 4 bridgehead atoms. The number of halogens is 2. The molecule has 13 heteroatoms. The molecule has 2 aliphatic heterocycles. The summed E-state index contributed by atoms with van der Waals surface area (Å²) in [5, 5.41) is 11.2. The van der Waals surface area contributed by atoms with Gasteiger partial charge in [-0.15, -0.1) is 0 Å². The maximum atomic E-state index is 14.5. The van der Waals surface area contributed by atoms with E-state index in [1.54, 1.807) is 0 Å². The zero-order valence-corrected chi connectivity index (χ0v) is 34.2. The molecule has 2 unspecified atom stereocenters. The number of anilines is 1. The molecule has 11 nitrogen and oxygen atoms in total. The molecule has 2 amide bonds. The van der Waals surface area contributed by atoms with Gasteiger partial charge in [-0.3, -0.25) is 9.59 Å². The van der Waals surface area contributed by atoms with Crippen LogP contribution in [0.25, 0.3) is 33.8 Å². The van der Waals surface area contributed by atoms with Gasteiger partial charge in [-0.25, -0.2) is 4.98 Å². The highest BCUT2D eigenvalue weighted by molar-refractivity contribution is 6.37. The van der Waals surface area contributed by atoms with Crippen LogP contribution in [0.1, 0.15) is 92.8 Å². The summed E-state index contributed by atoms with van der Waals surface area (Å²) in [5.74, 6) is 0.0542. The minimum Gasteiger partial charge on any atom is -0.441 e. The second-order valence-electron chi connectivity index (χ2n) is 16.4. The van der Waals surface area contributed by atoms with Crippen molar-refractivity contribution in [3.05, 3.63) is 111 Å². The van der Waals surface area contributed by atoms with E-state index in [0.717, 1.165) is 64.4 Å². The summed E-state index contributed by atoms with van der Waals surface area (Å²) in [6.45, 7) is 8.09. The number of benzene rings is 3. The number of carbonyl (C=O) groups is 3. The van der Waals surface area contributed by atoms with Crippen LogP contribution in [-0.2, 0) is 26.2 Å². The van der Waals surface area contributed by atoms with Crippen molar-refractivity contribution < 1.29 is 23.2 Å². The summed E-state index contributed by atoms with van der Waals surface area (Å²) in [6.07, 6.45) is 4.38. The van der Waals surface area contributed by atoms with Crippen molar-refractivity contribution in [3.63, 3.8) is 0 Å². The molecule has 58 heavy (non-hydrogen) atoms. The van der Waals surface area contributed by atoms with Gasteiger partial charge in [0.15, 0.2) is 22.4 Å². The highest BCUT2D eigenvalue weighted by Crippen LogP contribution is 2.55. The standard InChI is InChI=1S/C45H44Cl2N6O5/c1-23(2)34-41-52-35(42-53-39(47)36(57-42)33-27-12-6-8-14-30(27)49-38(33)46)37(58-41)45(25(4)48-31-15-9-7-13-28(31)45)29-20-26(17-16-24(29)3)21-32(40(55)51-34)50-43(56)44(22-54)18-10-5-11-19-44/h6-9,12-17,20,22-23,25,32,34,48-49H,5,10-11,18-19,21H2,1-4H3,(H,50,56)(H,51,55)/t25?,32-,34-,45?/m0/s1. The first kappa shape index (κ1) is 38.1. The topological polar surface area (TPSA) is 155 Å². The van der Waals surface area contributed by atoms with E-state index < -0.39 is 34.7 Å². The minimum atomic E-state index is -1.17. The number of nitrogens with one attached hydrogen (secondary N) is 4. The molecule has 0 radical (unpaired) electrons. The molecular weight excluding hydrogens is 775 g/mol. The maximum Gasteiger partial charge on any atom is 0.250 e. The number of fused-ring (bicyclic) bond motifs is 9. The number of aromatic amines is 1. The number of rotatable bonds is 6. The zero-order valence-electron chi connectivity index (χ0n) is 32.7. The van der Waals surface area contributed by atoms with Crippen LogP contribution in [0.2, 0.25) is 10.3 Å². The first-order valence-corrected chi connectivity index (χ1v) is 20.7. The van der Waals surface area contributed by atoms with Crippen molar-refractivity contribution in [2.24, 2.45) is 11.3 Å². The Morgan fingerprint density at radius 2 is 1.72 bits per heavy atom. The van der Waals surface area contributed by atoms with Crippen molar-refractivity contribution >= 4 is 57.9 Å². The second-order valence-corrected chi connectivity index (χ2v) is 17.1. The number of hydrogen-bond acceptors (Lipinski definition) is 8. The van der Waals surface area contributed by atoms with Crippen molar-refractivity contribution in [3.8, 4) is 22.9 Å². The quantitative estimate of drug-likeness (QED) is 0.0958. The Bertz CT molecular complexity index is 2600. The predicted octanol–water partition coefficient (Wildman–Crippen LogP) is 9.25. The smallest absolute Gasteiger partial charge is 0.250 e. The molecule has 298 valence electrons. The molecule has 0 saturated heterocycles. The van der Waals surface area contributed by atoms with Crippen LogP contribution in [0.5, 0.6) is 0 Å². The van der Waals surface area contributed by atoms with E-state index in [9.17, 15) is 14.4 Å². The summed E-state index contributed by atoms with van der Waals surface area (Å²) >= 11 is 13.7. The molecule has 1 spiro atoms. The van der Waals surface area contributed by atoms with Gasteiger partial charge in [0.1, 0.15) is 34.4 Å². The molecule has 3 aromatic heterocycles. The van der Waals surface area contributed by atoms with Crippen LogP contribution in [0.3, 0.4) is 0 Å². The highest BCUT2D eigenvalue weighted by Gasteiger charge is 2.54. The molecule has 3 aromatic carbocycles. The highest BCUT2D eigenvalue weighted by atomic mass is 35.5. The number of aldehydes is 1. The van der Waals surface area contributed by atoms with Crippen molar-refractivity contribution in [1.82, 2.24) is 25.6 Å². The lowest BCUT2D eigenvalue weighted by Gasteiger charge is -2.36. The molecule has 4 N–H and O–H groups in total. The lowest BCUT2D eigenvalue weighted by atomic mass is 9.67. The predicted molar refractivity (Wildman–Crippen MR) is 223 cm³/mol. The van der Waals surface area contributed by atoms with Crippen molar-refractivity contribution in [1.29, 1.82) is 0 Å². The van der Waals surface area contributed by atoms with Gasteiger partial charge >= 0.3 is 0 Å². The van der Waals surface area contributed by atoms with Gasteiger partial charge in [-0.2, -0.15) is 4.98 Å². The van der Waals surface area contributed by atoms with E-state index >= 15 is 0 Å². The molecule has 6 aromatic rings. The molecule has 1 fully saturated rings. The van der Waals surface area contributed by atoms with Gasteiger partial charge in [-0.05, 0) is 67.0 Å². The third kappa shape index (κ3) is 5.96. The van der Waals surface area contributed by atoms with Crippen LogP contribution in [0.4, 0.5) is 5.69 Å².